The highest BCUT2D eigenvalue weighted by molar-refractivity contribution is 6.05. The van der Waals surface area contributed by atoms with Crippen molar-refractivity contribution in [3.63, 3.8) is 0 Å². The molecule has 3 rings (SSSR count). The Kier molecular flexibility index (Phi) is 5.56. The van der Waals surface area contributed by atoms with E-state index in [1.807, 2.05) is 12.1 Å². The molecule has 0 radical (unpaired) electrons. The molecule has 0 unspecified atom stereocenters. The molecule has 0 fully saturated rings. The van der Waals surface area contributed by atoms with Crippen LogP contribution in [0.4, 0.5) is 10.1 Å². The zero-order valence-corrected chi connectivity index (χ0v) is 14.7. The summed E-state index contributed by atoms with van der Waals surface area (Å²) in [5.41, 5.74) is 2.29. The molecule has 6 heteroatoms. The van der Waals surface area contributed by atoms with Crippen LogP contribution in [0.5, 0.6) is 0 Å². The molecule has 0 bridgehead atoms. The number of aryl methyl sites for hydroxylation is 1. The largest absolute Gasteiger partial charge is 0.346 e. The summed E-state index contributed by atoms with van der Waals surface area (Å²) in [4.78, 5) is 28.8. The van der Waals surface area contributed by atoms with E-state index in [1.54, 1.807) is 43.5 Å². The predicted octanol–water partition coefficient (Wildman–Crippen LogP) is 3.71. The summed E-state index contributed by atoms with van der Waals surface area (Å²) < 4.78 is 13.8. The van der Waals surface area contributed by atoms with Gasteiger partial charge in [-0.25, -0.2) is 4.39 Å². The van der Waals surface area contributed by atoms with Crippen molar-refractivity contribution in [3.05, 3.63) is 95.1 Å². The lowest BCUT2D eigenvalue weighted by Gasteiger charge is -2.11. The SMILES string of the molecule is Cc1ccc(C(=O)NCc2ccccn2)cc1NC(=O)c1ccccc1F. The van der Waals surface area contributed by atoms with Gasteiger partial charge in [0.15, 0.2) is 0 Å². The van der Waals surface area contributed by atoms with Gasteiger partial charge in [-0.15, -0.1) is 0 Å². The maximum absolute atomic E-state index is 13.8. The van der Waals surface area contributed by atoms with Gasteiger partial charge in [-0.05, 0) is 48.9 Å². The lowest BCUT2D eigenvalue weighted by molar-refractivity contribution is 0.0949. The van der Waals surface area contributed by atoms with E-state index in [9.17, 15) is 14.0 Å². The minimum absolute atomic E-state index is 0.0538. The van der Waals surface area contributed by atoms with Crippen LogP contribution in [0.1, 0.15) is 32.0 Å². The Hall–Kier alpha value is -3.54. The summed E-state index contributed by atoms with van der Waals surface area (Å²) in [7, 11) is 0. The number of nitrogens with one attached hydrogen (secondary N) is 2. The van der Waals surface area contributed by atoms with E-state index in [4.69, 9.17) is 0 Å². The molecule has 1 aromatic heterocycles. The van der Waals surface area contributed by atoms with Crippen LogP contribution in [0.25, 0.3) is 0 Å². The third-order valence-electron chi connectivity index (χ3n) is 4.02. The molecule has 136 valence electrons. The van der Waals surface area contributed by atoms with Gasteiger partial charge in [0.2, 0.25) is 0 Å². The molecule has 1 heterocycles. The molecule has 0 saturated carbocycles. The van der Waals surface area contributed by atoms with Crippen LogP contribution < -0.4 is 10.6 Å². The number of benzene rings is 2. The van der Waals surface area contributed by atoms with E-state index in [1.165, 1.54) is 18.2 Å². The fourth-order valence-corrected chi connectivity index (χ4v) is 2.51. The average Bonchev–Trinajstić information content (AvgIpc) is 2.69. The Labute approximate surface area is 156 Å². The summed E-state index contributed by atoms with van der Waals surface area (Å²) in [6.45, 7) is 2.09. The van der Waals surface area contributed by atoms with Crippen molar-refractivity contribution in [2.45, 2.75) is 13.5 Å². The van der Waals surface area contributed by atoms with Gasteiger partial charge >= 0.3 is 0 Å². The topological polar surface area (TPSA) is 71.1 Å². The quantitative estimate of drug-likeness (QED) is 0.726. The molecule has 3 aromatic rings. The van der Waals surface area contributed by atoms with Crippen LogP contribution in [0.15, 0.2) is 66.9 Å². The van der Waals surface area contributed by atoms with Crippen molar-refractivity contribution in [1.29, 1.82) is 0 Å². The Bertz CT molecular complexity index is 974. The molecule has 0 spiro atoms. The zero-order chi connectivity index (χ0) is 19.2. The van der Waals surface area contributed by atoms with Crippen molar-refractivity contribution < 1.29 is 14.0 Å². The maximum Gasteiger partial charge on any atom is 0.258 e. The van der Waals surface area contributed by atoms with Crippen LogP contribution >= 0.6 is 0 Å². The Morgan fingerprint density at radius 3 is 2.52 bits per heavy atom. The second-order valence-corrected chi connectivity index (χ2v) is 5.97. The van der Waals surface area contributed by atoms with E-state index in [2.05, 4.69) is 15.6 Å². The summed E-state index contributed by atoms with van der Waals surface area (Å²) in [5, 5.41) is 5.45. The van der Waals surface area contributed by atoms with Crippen molar-refractivity contribution in [1.82, 2.24) is 10.3 Å². The van der Waals surface area contributed by atoms with E-state index < -0.39 is 11.7 Å². The first-order chi connectivity index (χ1) is 13.0. The highest BCUT2D eigenvalue weighted by Crippen LogP contribution is 2.19. The first-order valence-corrected chi connectivity index (χ1v) is 8.39. The fourth-order valence-electron chi connectivity index (χ4n) is 2.51. The lowest BCUT2D eigenvalue weighted by Crippen LogP contribution is -2.23. The Morgan fingerprint density at radius 1 is 1.00 bits per heavy atom. The number of hydrogen-bond donors (Lipinski definition) is 2. The van der Waals surface area contributed by atoms with Crippen molar-refractivity contribution in [3.8, 4) is 0 Å². The van der Waals surface area contributed by atoms with E-state index in [0.29, 0.717) is 17.8 Å². The Morgan fingerprint density at radius 2 is 1.78 bits per heavy atom. The molecule has 2 amide bonds. The fraction of sp³-hybridized carbons (Fsp3) is 0.0952. The predicted molar refractivity (Wildman–Crippen MR) is 101 cm³/mol. The number of halogens is 1. The van der Waals surface area contributed by atoms with E-state index in [-0.39, 0.29) is 11.5 Å². The minimum atomic E-state index is -0.600. The average molecular weight is 363 g/mol. The van der Waals surface area contributed by atoms with Gasteiger partial charge in [-0.2, -0.15) is 0 Å². The van der Waals surface area contributed by atoms with Crippen molar-refractivity contribution >= 4 is 17.5 Å². The number of hydrogen-bond acceptors (Lipinski definition) is 3. The summed E-state index contributed by atoms with van der Waals surface area (Å²) in [5.74, 6) is -1.46. The monoisotopic (exact) mass is 363 g/mol. The highest BCUT2D eigenvalue weighted by Gasteiger charge is 2.14. The van der Waals surface area contributed by atoms with E-state index >= 15 is 0 Å². The first kappa shape index (κ1) is 18.3. The van der Waals surface area contributed by atoms with E-state index in [0.717, 1.165) is 11.3 Å². The van der Waals surface area contributed by atoms with Crippen LogP contribution in [-0.2, 0) is 6.54 Å². The number of amides is 2. The summed E-state index contributed by atoms with van der Waals surface area (Å²) >= 11 is 0. The molecule has 2 N–H and O–H groups in total. The normalized spacial score (nSPS) is 10.3. The molecule has 0 aliphatic rings. The lowest BCUT2D eigenvalue weighted by atomic mass is 10.1. The van der Waals surface area contributed by atoms with Crippen LogP contribution in [-0.4, -0.2) is 16.8 Å². The third-order valence-corrected chi connectivity index (χ3v) is 4.02. The van der Waals surface area contributed by atoms with Crippen LogP contribution in [0.3, 0.4) is 0 Å². The molecule has 27 heavy (non-hydrogen) atoms. The second-order valence-electron chi connectivity index (χ2n) is 5.97. The number of rotatable bonds is 5. The minimum Gasteiger partial charge on any atom is -0.346 e. The number of carbonyl (C=O) groups excluding carboxylic acids is 2. The first-order valence-electron chi connectivity index (χ1n) is 8.39. The number of aromatic nitrogens is 1. The van der Waals surface area contributed by atoms with Gasteiger partial charge in [-0.1, -0.05) is 24.3 Å². The molecule has 0 aliphatic carbocycles. The van der Waals surface area contributed by atoms with Gasteiger partial charge in [0.25, 0.3) is 11.8 Å². The molecule has 0 atom stereocenters. The number of carbonyl (C=O) groups is 2. The molecule has 0 saturated heterocycles. The molecule has 5 nitrogen and oxygen atoms in total. The van der Waals surface area contributed by atoms with Crippen molar-refractivity contribution in [2.24, 2.45) is 0 Å². The van der Waals surface area contributed by atoms with Gasteiger partial charge in [0.1, 0.15) is 5.82 Å². The van der Waals surface area contributed by atoms with Gasteiger partial charge in [0.05, 0.1) is 17.8 Å². The van der Waals surface area contributed by atoms with Crippen LogP contribution in [0.2, 0.25) is 0 Å². The summed E-state index contributed by atoms with van der Waals surface area (Å²) in [6.07, 6.45) is 1.66. The number of anilines is 1. The van der Waals surface area contributed by atoms with Gasteiger partial charge in [0, 0.05) is 17.4 Å². The molecule has 0 aliphatic heterocycles. The van der Waals surface area contributed by atoms with Gasteiger partial charge < -0.3 is 10.6 Å². The second kappa shape index (κ2) is 8.23. The number of pyridine rings is 1. The third kappa shape index (κ3) is 4.55. The van der Waals surface area contributed by atoms with Gasteiger partial charge in [-0.3, -0.25) is 14.6 Å². The molecule has 2 aromatic carbocycles. The van der Waals surface area contributed by atoms with Crippen LogP contribution in [0, 0.1) is 12.7 Å². The van der Waals surface area contributed by atoms with Crippen molar-refractivity contribution in [2.75, 3.05) is 5.32 Å². The maximum atomic E-state index is 13.8. The highest BCUT2D eigenvalue weighted by atomic mass is 19.1. The molecular weight excluding hydrogens is 345 g/mol. The standard InChI is InChI=1S/C21H18FN3O2/c1-14-9-10-15(20(26)24-13-16-6-4-5-11-23-16)12-19(14)25-21(27)17-7-2-3-8-18(17)22/h2-12H,13H2,1H3,(H,24,26)(H,25,27). The smallest absolute Gasteiger partial charge is 0.258 e. The summed E-state index contributed by atoms with van der Waals surface area (Å²) in [6, 6.07) is 16.2. The zero-order valence-electron chi connectivity index (χ0n) is 14.7. The number of nitrogens with zero attached hydrogens (tertiary/aromatic N) is 1. The Balaban J connectivity index is 1.73. The molecular formula is C21H18FN3O2.